The molecule has 1 aromatic rings. The van der Waals surface area contributed by atoms with Crippen LogP contribution in [0, 0.1) is 13.8 Å². The lowest BCUT2D eigenvalue weighted by atomic mass is 10.0. The van der Waals surface area contributed by atoms with Crippen molar-refractivity contribution in [2.45, 2.75) is 73.0 Å². The Labute approximate surface area is 140 Å². The molecule has 130 valence electrons. The van der Waals surface area contributed by atoms with E-state index in [9.17, 15) is 4.79 Å². The van der Waals surface area contributed by atoms with Crippen LogP contribution in [0.3, 0.4) is 0 Å². The number of hydrogen-bond donors (Lipinski definition) is 1. The van der Waals surface area contributed by atoms with Gasteiger partial charge in [-0.3, -0.25) is 4.79 Å². The van der Waals surface area contributed by atoms with Crippen molar-refractivity contribution >= 4 is 11.6 Å². The normalized spacial score (nSPS) is 14.9. The molecule has 0 aromatic heterocycles. The maximum atomic E-state index is 12.5. The van der Waals surface area contributed by atoms with E-state index in [0.29, 0.717) is 13.0 Å². The van der Waals surface area contributed by atoms with Gasteiger partial charge in [0, 0.05) is 12.3 Å². The standard InChI is InChI=1S/C19H31NO3/c1-8-15(6)23-17-13(4)11-16(12-14(17)5)20-18(21)19(7,9-2)22-10-3/h11-12,15H,8-10H2,1-7H3,(H,20,21). The Balaban J connectivity index is 2.97. The lowest BCUT2D eigenvalue weighted by molar-refractivity contribution is -0.139. The van der Waals surface area contributed by atoms with Crippen LogP contribution in [0.2, 0.25) is 0 Å². The summed E-state index contributed by atoms with van der Waals surface area (Å²) >= 11 is 0. The summed E-state index contributed by atoms with van der Waals surface area (Å²) in [6, 6.07) is 3.90. The molecule has 0 fully saturated rings. The fourth-order valence-electron chi connectivity index (χ4n) is 2.40. The molecule has 0 aliphatic rings. The third kappa shape index (κ3) is 4.96. The molecule has 4 nitrogen and oxygen atoms in total. The first-order chi connectivity index (χ1) is 10.8. The van der Waals surface area contributed by atoms with Crippen molar-refractivity contribution in [3.63, 3.8) is 0 Å². The quantitative estimate of drug-likeness (QED) is 0.759. The molecule has 1 aromatic carbocycles. The Morgan fingerprint density at radius 1 is 1.22 bits per heavy atom. The molecule has 2 atom stereocenters. The van der Waals surface area contributed by atoms with Gasteiger partial charge in [-0.05, 0) is 70.7 Å². The van der Waals surface area contributed by atoms with Gasteiger partial charge >= 0.3 is 0 Å². The summed E-state index contributed by atoms with van der Waals surface area (Å²) in [6.45, 7) is 14.4. The first-order valence-electron chi connectivity index (χ1n) is 8.50. The fraction of sp³-hybridized carbons (Fsp3) is 0.632. The van der Waals surface area contributed by atoms with Gasteiger partial charge in [0.25, 0.3) is 5.91 Å². The predicted molar refractivity (Wildman–Crippen MR) is 95.2 cm³/mol. The molecule has 0 heterocycles. The van der Waals surface area contributed by atoms with Crippen LogP contribution in [0.1, 0.15) is 58.6 Å². The van der Waals surface area contributed by atoms with Crippen molar-refractivity contribution in [2.24, 2.45) is 0 Å². The number of aryl methyl sites for hydroxylation is 2. The average Bonchev–Trinajstić information content (AvgIpc) is 2.50. The van der Waals surface area contributed by atoms with E-state index in [1.54, 1.807) is 0 Å². The van der Waals surface area contributed by atoms with Gasteiger partial charge < -0.3 is 14.8 Å². The van der Waals surface area contributed by atoms with E-state index >= 15 is 0 Å². The lowest BCUT2D eigenvalue weighted by Crippen LogP contribution is -2.42. The van der Waals surface area contributed by atoms with E-state index in [4.69, 9.17) is 9.47 Å². The molecule has 0 saturated carbocycles. The molecule has 23 heavy (non-hydrogen) atoms. The number of hydrogen-bond acceptors (Lipinski definition) is 3. The number of carbonyl (C=O) groups excluding carboxylic acids is 1. The highest BCUT2D eigenvalue weighted by Gasteiger charge is 2.32. The Hall–Kier alpha value is -1.55. The topological polar surface area (TPSA) is 47.6 Å². The minimum atomic E-state index is -0.803. The van der Waals surface area contributed by atoms with Gasteiger partial charge in [-0.15, -0.1) is 0 Å². The highest BCUT2D eigenvalue weighted by Crippen LogP contribution is 2.29. The van der Waals surface area contributed by atoms with Crippen LogP contribution in [0.25, 0.3) is 0 Å². The zero-order valence-electron chi connectivity index (χ0n) is 15.6. The van der Waals surface area contributed by atoms with Gasteiger partial charge in [-0.1, -0.05) is 13.8 Å². The van der Waals surface area contributed by atoms with Crippen molar-refractivity contribution < 1.29 is 14.3 Å². The van der Waals surface area contributed by atoms with Gasteiger partial charge in [-0.2, -0.15) is 0 Å². The van der Waals surface area contributed by atoms with E-state index in [1.165, 1.54) is 0 Å². The molecule has 0 radical (unpaired) electrons. The van der Waals surface area contributed by atoms with E-state index in [0.717, 1.165) is 29.0 Å². The average molecular weight is 321 g/mol. The van der Waals surface area contributed by atoms with Gasteiger partial charge in [-0.25, -0.2) is 0 Å². The SMILES string of the molecule is CCOC(C)(CC)C(=O)Nc1cc(C)c(OC(C)CC)c(C)c1. The minimum absolute atomic E-state index is 0.115. The number of benzene rings is 1. The van der Waals surface area contributed by atoms with E-state index in [2.05, 4.69) is 19.2 Å². The van der Waals surface area contributed by atoms with Crippen LogP contribution >= 0.6 is 0 Å². The number of rotatable bonds is 8. The maximum absolute atomic E-state index is 12.5. The summed E-state index contributed by atoms with van der Waals surface area (Å²) in [6.07, 6.45) is 1.76. The summed E-state index contributed by atoms with van der Waals surface area (Å²) in [7, 11) is 0. The van der Waals surface area contributed by atoms with Crippen LogP contribution in [0.5, 0.6) is 5.75 Å². The number of carbonyl (C=O) groups is 1. The van der Waals surface area contributed by atoms with E-state index in [-0.39, 0.29) is 12.0 Å². The molecule has 0 saturated heterocycles. The monoisotopic (exact) mass is 321 g/mol. The second kappa shape index (κ2) is 8.34. The van der Waals surface area contributed by atoms with Crippen LogP contribution in [0.4, 0.5) is 5.69 Å². The predicted octanol–water partition coefficient (Wildman–Crippen LogP) is 4.62. The van der Waals surface area contributed by atoms with Crippen molar-refractivity contribution in [1.29, 1.82) is 0 Å². The summed E-state index contributed by atoms with van der Waals surface area (Å²) < 4.78 is 11.6. The molecule has 4 heteroatoms. The zero-order chi connectivity index (χ0) is 17.6. The van der Waals surface area contributed by atoms with Crippen molar-refractivity contribution in [3.05, 3.63) is 23.3 Å². The molecular weight excluding hydrogens is 290 g/mol. The van der Waals surface area contributed by atoms with Crippen molar-refractivity contribution in [3.8, 4) is 5.75 Å². The smallest absolute Gasteiger partial charge is 0.256 e. The van der Waals surface area contributed by atoms with Crippen LogP contribution in [-0.4, -0.2) is 24.2 Å². The molecule has 0 bridgehead atoms. The summed E-state index contributed by atoms with van der Waals surface area (Å²) in [5.41, 5.74) is 2.02. The highest BCUT2D eigenvalue weighted by molar-refractivity contribution is 5.97. The van der Waals surface area contributed by atoms with Crippen molar-refractivity contribution in [2.75, 3.05) is 11.9 Å². The molecule has 1 amide bonds. The number of amides is 1. The van der Waals surface area contributed by atoms with E-state index in [1.807, 2.05) is 46.8 Å². The third-order valence-electron chi connectivity index (χ3n) is 4.23. The van der Waals surface area contributed by atoms with Crippen LogP contribution in [-0.2, 0) is 9.53 Å². The van der Waals surface area contributed by atoms with Crippen LogP contribution < -0.4 is 10.1 Å². The Morgan fingerprint density at radius 2 is 1.78 bits per heavy atom. The van der Waals surface area contributed by atoms with Gasteiger partial charge in [0.05, 0.1) is 6.10 Å². The third-order valence-corrected chi connectivity index (χ3v) is 4.23. The van der Waals surface area contributed by atoms with E-state index < -0.39 is 5.60 Å². The molecule has 1 N–H and O–H groups in total. The van der Waals surface area contributed by atoms with Crippen LogP contribution in [0.15, 0.2) is 12.1 Å². The largest absolute Gasteiger partial charge is 0.490 e. The fourth-order valence-corrected chi connectivity index (χ4v) is 2.40. The summed E-state index contributed by atoms with van der Waals surface area (Å²) in [5, 5.41) is 2.97. The number of nitrogens with one attached hydrogen (secondary N) is 1. The second-order valence-corrected chi connectivity index (χ2v) is 6.25. The summed E-state index contributed by atoms with van der Waals surface area (Å²) in [4.78, 5) is 12.5. The minimum Gasteiger partial charge on any atom is -0.490 e. The zero-order valence-corrected chi connectivity index (χ0v) is 15.6. The summed E-state index contributed by atoms with van der Waals surface area (Å²) in [5.74, 6) is 0.789. The molecular formula is C19H31NO3. The Kier molecular flexibility index (Phi) is 7.07. The maximum Gasteiger partial charge on any atom is 0.256 e. The van der Waals surface area contributed by atoms with Crippen molar-refractivity contribution in [1.82, 2.24) is 0 Å². The Bertz CT molecular complexity index is 518. The number of anilines is 1. The molecule has 1 rings (SSSR count). The molecule has 2 unspecified atom stereocenters. The molecule has 0 spiro atoms. The number of ether oxygens (including phenoxy) is 2. The first-order valence-corrected chi connectivity index (χ1v) is 8.50. The second-order valence-electron chi connectivity index (χ2n) is 6.25. The van der Waals surface area contributed by atoms with Gasteiger partial charge in [0.2, 0.25) is 0 Å². The first kappa shape index (κ1) is 19.5. The molecule has 0 aliphatic carbocycles. The lowest BCUT2D eigenvalue weighted by Gasteiger charge is -2.27. The highest BCUT2D eigenvalue weighted by atomic mass is 16.5. The van der Waals surface area contributed by atoms with Gasteiger partial charge in [0.15, 0.2) is 0 Å². The Morgan fingerprint density at radius 3 is 2.22 bits per heavy atom. The van der Waals surface area contributed by atoms with Gasteiger partial charge in [0.1, 0.15) is 11.4 Å². The molecule has 0 aliphatic heterocycles.